The van der Waals surface area contributed by atoms with Gasteiger partial charge in [-0.3, -0.25) is 0 Å². The van der Waals surface area contributed by atoms with Crippen molar-refractivity contribution in [1.82, 2.24) is 0 Å². The summed E-state index contributed by atoms with van der Waals surface area (Å²) in [6.07, 6.45) is 0. The Morgan fingerprint density at radius 1 is 0.243 bits per heavy atom. The molecule has 4 heteroatoms. The molecule has 2 heterocycles. The van der Waals surface area contributed by atoms with Crippen LogP contribution < -0.4 is 9.80 Å². The second-order valence-electron chi connectivity index (χ2n) is 19.7. The Hall–Kier alpha value is -9.64. The molecule has 15 rings (SSSR count). The second-order valence-corrected chi connectivity index (χ2v) is 19.7. The molecule has 1 aliphatic carbocycles. The van der Waals surface area contributed by atoms with Crippen molar-refractivity contribution >= 4 is 99.5 Å². The highest BCUT2D eigenvalue weighted by molar-refractivity contribution is 6.17. The van der Waals surface area contributed by atoms with Gasteiger partial charge in [0.25, 0.3) is 0 Å². The van der Waals surface area contributed by atoms with E-state index in [0.717, 1.165) is 89.1 Å². The van der Waals surface area contributed by atoms with Crippen LogP contribution in [-0.4, -0.2) is 0 Å². The number of hydrogen-bond donors (Lipinski definition) is 0. The highest BCUT2D eigenvalue weighted by atomic mass is 16.3. The zero-order valence-corrected chi connectivity index (χ0v) is 40.8. The van der Waals surface area contributed by atoms with Gasteiger partial charge in [-0.25, -0.2) is 0 Å². The molecule has 0 saturated carbocycles. The highest BCUT2D eigenvalue weighted by Gasteiger charge is 2.27. The molecule has 0 radical (unpaired) electrons. The van der Waals surface area contributed by atoms with Gasteiger partial charge in [0.15, 0.2) is 11.2 Å². The molecule has 74 heavy (non-hydrogen) atoms. The topological polar surface area (TPSA) is 32.8 Å². The van der Waals surface area contributed by atoms with Crippen LogP contribution in [0.1, 0.15) is 11.1 Å². The number of rotatable bonds is 8. The van der Waals surface area contributed by atoms with Crippen LogP contribution in [0.3, 0.4) is 0 Å². The Morgan fingerprint density at radius 2 is 0.595 bits per heavy atom. The molecule has 0 unspecified atom stereocenters. The van der Waals surface area contributed by atoms with Gasteiger partial charge >= 0.3 is 0 Å². The van der Waals surface area contributed by atoms with Gasteiger partial charge in [-0.1, -0.05) is 158 Å². The molecular formula is C70H46N2O2. The van der Waals surface area contributed by atoms with E-state index in [4.69, 9.17) is 8.83 Å². The van der Waals surface area contributed by atoms with Crippen LogP contribution >= 0.6 is 0 Å². The van der Waals surface area contributed by atoms with Crippen molar-refractivity contribution in [1.29, 1.82) is 0 Å². The number of furan rings is 2. The molecular weight excluding hydrogens is 901 g/mol. The summed E-state index contributed by atoms with van der Waals surface area (Å²) in [5.41, 5.74) is 21.8. The van der Waals surface area contributed by atoms with Gasteiger partial charge in [0.1, 0.15) is 11.2 Å². The molecule has 0 spiro atoms. The smallest absolute Gasteiger partial charge is 0.159 e. The normalized spacial score (nSPS) is 11.9. The van der Waals surface area contributed by atoms with Crippen molar-refractivity contribution in [2.75, 3.05) is 9.80 Å². The van der Waals surface area contributed by atoms with Crippen molar-refractivity contribution in [2.24, 2.45) is 0 Å². The van der Waals surface area contributed by atoms with Crippen LogP contribution in [-0.2, 0) is 0 Å². The average Bonchev–Trinajstić information content (AvgIpc) is 4.07. The zero-order valence-electron chi connectivity index (χ0n) is 40.8. The molecule has 0 fully saturated rings. The lowest BCUT2D eigenvalue weighted by Crippen LogP contribution is -2.10. The number of nitrogens with zero attached hydrogens (tertiary/aromatic N) is 2. The second kappa shape index (κ2) is 16.5. The van der Waals surface area contributed by atoms with Gasteiger partial charge < -0.3 is 18.6 Å². The van der Waals surface area contributed by atoms with Crippen LogP contribution in [0.4, 0.5) is 34.1 Å². The van der Waals surface area contributed by atoms with E-state index < -0.39 is 0 Å². The summed E-state index contributed by atoms with van der Waals surface area (Å²) < 4.78 is 14.1. The summed E-state index contributed by atoms with van der Waals surface area (Å²) in [6.45, 7) is 4.33. The Balaban J connectivity index is 0.837. The molecule has 0 amide bonds. The van der Waals surface area contributed by atoms with Crippen molar-refractivity contribution in [3.63, 3.8) is 0 Å². The van der Waals surface area contributed by atoms with E-state index in [1.54, 1.807) is 0 Å². The first-order valence-corrected chi connectivity index (χ1v) is 25.4. The number of fused-ring (bicyclic) bond motifs is 12. The van der Waals surface area contributed by atoms with E-state index in [9.17, 15) is 0 Å². The van der Waals surface area contributed by atoms with Gasteiger partial charge in [-0.05, 0) is 165 Å². The van der Waals surface area contributed by atoms with Crippen LogP contribution in [0.25, 0.3) is 110 Å². The average molecular weight is 947 g/mol. The van der Waals surface area contributed by atoms with Crippen molar-refractivity contribution < 1.29 is 8.83 Å². The van der Waals surface area contributed by atoms with Gasteiger partial charge in [0.05, 0.1) is 11.4 Å². The highest BCUT2D eigenvalue weighted by Crippen LogP contribution is 2.53. The van der Waals surface area contributed by atoms with Crippen molar-refractivity contribution in [3.05, 3.63) is 254 Å². The predicted molar refractivity (Wildman–Crippen MR) is 310 cm³/mol. The minimum Gasteiger partial charge on any atom is -0.453 e. The van der Waals surface area contributed by atoms with E-state index in [2.05, 4.69) is 266 Å². The summed E-state index contributed by atoms with van der Waals surface area (Å²) in [4.78, 5) is 4.68. The molecule has 0 aliphatic heterocycles. The third-order valence-corrected chi connectivity index (χ3v) is 15.4. The van der Waals surface area contributed by atoms with Crippen LogP contribution in [0.2, 0.25) is 0 Å². The maximum atomic E-state index is 7.03. The molecule has 12 aromatic carbocycles. The maximum absolute atomic E-state index is 7.03. The van der Waals surface area contributed by atoms with Crippen LogP contribution in [0.15, 0.2) is 251 Å². The fourth-order valence-corrected chi connectivity index (χ4v) is 11.8. The number of hydrogen-bond acceptors (Lipinski definition) is 4. The van der Waals surface area contributed by atoms with E-state index in [1.165, 1.54) is 66.1 Å². The summed E-state index contributed by atoms with van der Waals surface area (Å²) in [6, 6.07) is 87.6. The fraction of sp³-hybridized carbons (Fsp3) is 0.0286. The van der Waals surface area contributed by atoms with E-state index in [0.29, 0.717) is 0 Å². The maximum Gasteiger partial charge on any atom is 0.159 e. The third-order valence-electron chi connectivity index (χ3n) is 15.4. The minimum absolute atomic E-state index is 0.859. The summed E-state index contributed by atoms with van der Waals surface area (Å²) in [7, 11) is 0. The van der Waals surface area contributed by atoms with Gasteiger partial charge in [-0.15, -0.1) is 0 Å². The lowest BCUT2D eigenvalue weighted by molar-refractivity contribution is 0.670. The first-order valence-electron chi connectivity index (χ1n) is 25.4. The van der Waals surface area contributed by atoms with Gasteiger partial charge in [0, 0.05) is 55.4 Å². The number of aryl methyl sites for hydroxylation is 2. The molecule has 2 aromatic heterocycles. The molecule has 348 valence electrons. The van der Waals surface area contributed by atoms with Crippen molar-refractivity contribution in [3.8, 4) is 44.5 Å². The Morgan fingerprint density at radius 3 is 1.01 bits per heavy atom. The Kier molecular flexibility index (Phi) is 9.36. The molecule has 1 aliphatic rings. The largest absolute Gasteiger partial charge is 0.453 e. The van der Waals surface area contributed by atoms with Crippen LogP contribution in [0.5, 0.6) is 0 Å². The molecule has 0 N–H and O–H groups in total. The predicted octanol–water partition coefficient (Wildman–Crippen LogP) is 20.3. The summed E-state index contributed by atoms with van der Waals surface area (Å²) >= 11 is 0. The number of anilines is 6. The van der Waals surface area contributed by atoms with Crippen molar-refractivity contribution in [2.45, 2.75) is 13.8 Å². The first kappa shape index (κ1) is 42.1. The SMILES string of the molecule is Cc1ccccc1-c1cccc2c1oc1c(N(c3ccccc3)c3ccc4cc5c(cc4c3)-c3cc4cc(N(c6ccccc6)c6cccc7c6oc6c(-c8ccccc8C)cccc67)ccc4cc3-5)cccc12. The lowest BCUT2D eigenvalue weighted by Gasteiger charge is -2.28. The Bertz CT molecular complexity index is 4290. The van der Waals surface area contributed by atoms with E-state index >= 15 is 0 Å². The molecule has 0 atom stereocenters. The fourth-order valence-electron chi connectivity index (χ4n) is 11.8. The molecule has 4 nitrogen and oxygen atoms in total. The molecule has 0 bridgehead atoms. The third kappa shape index (κ3) is 6.48. The van der Waals surface area contributed by atoms with Gasteiger partial charge in [-0.2, -0.15) is 0 Å². The molecule has 0 saturated heterocycles. The summed E-state index contributed by atoms with van der Waals surface area (Å²) in [5, 5.41) is 9.17. The standard InChI is InChI=1S/C70H46N2O2/c1-43-17-9-11-23-53(43)55-25-13-27-57-59-29-15-31-65(69(59)73-67(55)57)71(49-19-5-3-6-20-49)51-35-33-45-39-61-62-40-46-34-36-52(38-48(46)42-64(62)63(61)41-47(45)37-51)72(50-21-7-4-8-22-50)66-32-16-30-60-58-28-14-26-56(68(58)74-70(60)66)54-24-12-10-18-44(54)2/h3-42H,1-2H3. The lowest BCUT2D eigenvalue weighted by atomic mass is 9.78. The number of para-hydroxylation sites is 6. The van der Waals surface area contributed by atoms with Crippen LogP contribution in [0, 0.1) is 13.8 Å². The minimum atomic E-state index is 0.859. The summed E-state index contributed by atoms with van der Waals surface area (Å²) in [5.74, 6) is 0. The zero-order chi connectivity index (χ0) is 49.0. The van der Waals surface area contributed by atoms with E-state index in [-0.39, 0.29) is 0 Å². The van der Waals surface area contributed by atoms with Gasteiger partial charge in [0.2, 0.25) is 0 Å². The molecule has 14 aromatic rings. The quantitative estimate of drug-likeness (QED) is 0.152. The first-order chi connectivity index (χ1) is 36.5. The Labute approximate surface area is 428 Å². The number of benzene rings is 12. The van der Waals surface area contributed by atoms with E-state index in [1.807, 2.05) is 0 Å². The monoisotopic (exact) mass is 946 g/mol.